The number of hydrogen-bond acceptors (Lipinski definition) is 5. The van der Waals surface area contributed by atoms with E-state index in [4.69, 9.17) is 11.6 Å². The van der Waals surface area contributed by atoms with E-state index in [1.807, 2.05) is 35.7 Å². The van der Waals surface area contributed by atoms with Crippen molar-refractivity contribution >= 4 is 56.5 Å². The summed E-state index contributed by atoms with van der Waals surface area (Å²) in [6.07, 6.45) is 0. The van der Waals surface area contributed by atoms with Gasteiger partial charge in [-0.2, -0.15) is 0 Å². The van der Waals surface area contributed by atoms with Gasteiger partial charge in [0.25, 0.3) is 5.56 Å². The molecule has 4 aromatic rings. The van der Waals surface area contributed by atoms with Crippen LogP contribution in [0.1, 0.15) is 0 Å². The van der Waals surface area contributed by atoms with Gasteiger partial charge in [0.2, 0.25) is 5.91 Å². The van der Waals surface area contributed by atoms with Crippen molar-refractivity contribution in [1.29, 1.82) is 0 Å². The molecule has 5 nitrogen and oxygen atoms in total. The number of nitrogens with zero attached hydrogens (tertiary/aromatic N) is 2. The van der Waals surface area contributed by atoms with Crippen molar-refractivity contribution in [2.24, 2.45) is 0 Å². The number of carbonyl (C=O) groups is 1. The predicted octanol–water partition coefficient (Wildman–Crippen LogP) is 4.83. The Morgan fingerprint density at radius 2 is 1.96 bits per heavy atom. The van der Waals surface area contributed by atoms with Gasteiger partial charge in [0.1, 0.15) is 4.70 Å². The van der Waals surface area contributed by atoms with Crippen molar-refractivity contribution in [3.05, 3.63) is 81.4 Å². The zero-order valence-corrected chi connectivity index (χ0v) is 16.9. The molecule has 0 spiro atoms. The predicted molar refractivity (Wildman–Crippen MR) is 116 cm³/mol. The topological polar surface area (TPSA) is 64.0 Å². The number of nitrogens with one attached hydrogen (secondary N) is 1. The Bertz CT molecular complexity index is 1210. The Balaban J connectivity index is 1.67. The molecule has 1 amide bonds. The molecule has 0 fully saturated rings. The van der Waals surface area contributed by atoms with E-state index in [0.29, 0.717) is 26.1 Å². The zero-order valence-electron chi connectivity index (χ0n) is 14.5. The highest BCUT2D eigenvalue weighted by Gasteiger charge is 2.16. The smallest absolute Gasteiger partial charge is 0.276 e. The summed E-state index contributed by atoms with van der Waals surface area (Å²) in [5.74, 6) is -0.0501. The van der Waals surface area contributed by atoms with Crippen LogP contribution in [-0.2, 0) is 4.79 Å². The number of halogens is 1. The largest absolute Gasteiger partial charge is 0.325 e. The molecule has 0 saturated heterocycles. The summed E-state index contributed by atoms with van der Waals surface area (Å²) in [6, 6.07) is 18.1. The number of aromatic nitrogens is 2. The SMILES string of the molecule is O=C(CSc1nc2ccsc2c(=O)n1-c1cccc(Cl)c1)Nc1ccccc1. The molecule has 0 aliphatic carbocycles. The summed E-state index contributed by atoms with van der Waals surface area (Å²) in [5.41, 5.74) is 1.79. The van der Waals surface area contributed by atoms with Crippen LogP contribution >= 0.6 is 34.7 Å². The lowest BCUT2D eigenvalue weighted by atomic mass is 10.3. The van der Waals surface area contributed by atoms with Gasteiger partial charge in [-0.1, -0.05) is 47.6 Å². The second-order valence-electron chi connectivity index (χ2n) is 5.85. The quantitative estimate of drug-likeness (QED) is 0.366. The molecule has 2 aromatic heterocycles. The van der Waals surface area contributed by atoms with Gasteiger partial charge in [-0.05, 0) is 41.8 Å². The first kappa shape index (κ1) is 18.7. The second kappa shape index (κ2) is 8.18. The standard InChI is InChI=1S/C20H14ClN3O2S2/c21-13-5-4-8-15(11-13)24-19(26)18-16(9-10-27-18)23-20(24)28-12-17(25)22-14-6-2-1-3-7-14/h1-11H,12H2,(H,22,25). The summed E-state index contributed by atoms with van der Waals surface area (Å²) in [4.78, 5) is 29.9. The number of carbonyl (C=O) groups excluding carboxylic acids is 1. The first-order valence-corrected chi connectivity index (χ1v) is 10.6. The van der Waals surface area contributed by atoms with Crippen molar-refractivity contribution < 1.29 is 4.79 Å². The Kier molecular flexibility index (Phi) is 5.47. The molecule has 0 aliphatic heterocycles. The van der Waals surface area contributed by atoms with Gasteiger partial charge in [-0.15, -0.1) is 11.3 Å². The molecule has 2 aromatic carbocycles. The van der Waals surface area contributed by atoms with Crippen molar-refractivity contribution in [1.82, 2.24) is 9.55 Å². The van der Waals surface area contributed by atoms with Gasteiger partial charge < -0.3 is 5.32 Å². The summed E-state index contributed by atoms with van der Waals surface area (Å²) in [7, 11) is 0. The molecular weight excluding hydrogens is 414 g/mol. The molecule has 0 unspecified atom stereocenters. The Hall–Kier alpha value is -2.61. The van der Waals surface area contributed by atoms with E-state index in [1.165, 1.54) is 27.7 Å². The van der Waals surface area contributed by atoms with Crippen molar-refractivity contribution in [2.45, 2.75) is 5.16 Å². The molecule has 1 N–H and O–H groups in total. The fourth-order valence-corrected chi connectivity index (χ4v) is 4.44. The summed E-state index contributed by atoms with van der Waals surface area (Å²) >= 11 is 8.66. The number of fused-ring (bicyclic) bond motifs is 1. The van der Waals surface area contributed by atoms with Gasteiger partial charge in [-0.25, -0.2) is 4.98 Å². The van der Waals surface area contributed by atoms with E-state index < -0.39 is 0 Å². The Morgan fingerprint density at radius 1 is 1.14 bits per heavy atom. The van der Waals surface area contributed by atoms with Crippen LogP contribution in [0.5, 0.6) is 0 Å². The first-order valence-electron chi connectivity index (χ1n) is 8.36. The number of para-hydroxylation sites is 1. The molecule has 140 valence electrons. The molecule has 0 atom stereocenters. The number of benzene rings is 2. The third-order valence-corrected chi connectivity index (χ3v) is 5.97. The average molecular weight is 428 g/mol. The van der Waals surface area contributed by atoms with Gasteiger partial charge in [0.05, 0.1) is 17.0 Å². The number of rotatable bonds is 5. The summed E-state index contributed by atoms with van der Waals surface area (Å²) in [6.45, 7) is 0. The molecule has 0 aliphatic rings. The van der Waals surface area contributed by atoms with Crippen LogP contribution in [-0.4, -0.2) is 21.2 Å². The third kappa shape index (κ3) is 3.96. The highest BCUT2D eigenvalue weighted by atomic mass is 35.5. The molecule has 2 heterocycles. The fourth-order valence-electron chi connectivity index (χ4n) is 2.68. The number of hydrogen-bond donors (Lipinski definition) is 1. The summed E-state index contributed by atoms with van der Waals surface area (Å²) in [5, 5.41) is 5.63. The van der Waals surface area contributed by atoms with E-state index >= 15 is 0 Å². The van der Waals surface area contributed by atoms with E-state index in [9.17, 15) is 9.59 Å². The van der Waals surface area contributed by atoms with Crippen molar-refractivity contribution in [3.8, 4) is 5.69 Å². The number of thiophene rings is 1. The van der Waals surface area contributed by atoms with Crippen LogP contribution in [0, 0.1) is 0 Å². The van der Waals surface area contributed by atoms with Crippen LogP contribution in [0.4, 0.5) is 5.69 Å². The van der Waals surface area contributed by atoms with Crippen molar-refractivity contribution in [3.63, 3.8) is 0 Å². The van der Waals surface area contributed by atoms with Crippen LogP contribution in [0.2, 0.25) is 5.02 Å². The summed E-state index contributed by atoms with van der Waals surface area (Å²) < 4.78 is 2.07. The highest BCUT2D eigenvalue weighted by Crippen LogP contribution is 2.25. The normalized spacial score (nSPS) is 10.9. The van der Waals surface area contributed by atoms with Gasteiger partial charge in [0.15, 0.2) is 5.16 Å². The number of amides is 1. The average Bonchev–Trinajstić information content (AvgIpc) is 3.16. The Labute approximate surface area is 174 Å². The monoisotopic (exact) mass is 427 g/mol. The molecule has 0 saturated carbocycles. The maximum absolute atomic E-state index is 13.0. The lowest BCUT2D eigenvalue weighted by molar-refractivity contribution is -0.113. The maximum Gasteiger partial charge on any atom is 0.276 e. The van der Waals surface area contributed by atoms with Crippen LogP contribution in [0.15, 0.2) is 76.0 Å². The van der Waals surface area contributed by atoms with Gasteiger partial charge >= 0.3 is 0 Å². The van der Waals surface area contributed by atoms with Crippen molar-refractivity contribution in [2.75, 3.05) is 11.1 Å². The Morgan fingerprint density at radius 3 is 2.75 bits per heavy atom. The number of anilines is 1. The van der Waals surface area contributed by atoms with E-state index in [0.717, 1.165) is 5.69 Å². The van der Waals surface area contributed by atoms with Crippen LogP contribution in [0.25, 0.3) is 15.9 Å². The maximum atomic E-state index is 13.0. The minimum atomic E-state index is -0.173. The highest BCUT2D eigenvalue weighted by molar-refractivity contribution is 7.99. The minimum Gasteiger partial charge on any atom is -0.325 e. The minimum absolute atomic E-state index is 0.123. The molecule has 0 radical (unpaired) electrons. The lowest BCUT2D eigenvalue weighted by Gasteiger charge is -2.12. The van der Waals surface area contributed by atoms with Crippen LogP contribution in [0.3, 0.4) is 0 Å². The van der Waals surface area contributed by atoms with E-state index in [1.54, 1.807) is 30.3 Å². The number of thioether (sulfide) groups is 1. The molecular formula is C20H14ClN3O2S2. The molecule has 0 bridgehead atoms. The lowest BCUT2D eigenvalue weighted by Crippen LogP contribution is -2.22. The van der Waals surface area contributed by atoms with Gasteiger partial charge in [-0.3, -0.25) is 14.2 Å². The van der Waals surface area contributed by atoms with E-state index in [-0.39, 0.29) is 17.2 Å². The zero-order chi connectivity index (χ0) is 19.5. The molecule has 8 heteroatoms. The second-order valence-corrected chi connectivity index (χ2v) is 8.15. The van der Waals surface area contributed by atoms with Crippen LogP contribution < -0.4 is 10.9 Å². The van der Waals surface area contributed by atoms with Gasteiger partial charge in [0, 0.05) is 10.7 Å². The third-order valence-electron chi connectivity index (χ3n) is 3.91. The van der Waals surface area contributed by atoms with E-state index in [2.05, 4.69) is 10.3 Å². The molecule has 28 heavy (non-hydrogen) atoms. The molecule has 4 rings (SSSR count). The first-order chi connectivity index (χ1) is 13.6. The fraction of sp³-hybridized carbons (Fsp3) is 0.0500.